The van der Waals surface area contributed by atoms with Crippen LogP contribution >= 0.6 is 0 Å². The molecule has 3 aromatic rings. The van der Waals surface area contributed by atoms with Gasteiger partial charge in [0.05, 0.1) is 11.3 Å². The molecular formula is C32H32FN5. The molecule has 0 aliphatic carbocycles. The normalized spacial score (nSPS) is 11.9. The molecule has 0 spiro atoms. The summed E-state index contributed by atoms with van der Waals surface area (Å²) in [7, 11) is 0. The summed E-state index contributed by atoms with van der Waals surface area (Å²) in [5.41, 5.74) is 6.33. The molecule has 1 N–H and O–H groups in total. The Morgan fingerprint density at radius 2 is 2.00 bits per heavy atom. The molecule has 0 saturated carbocycles. The minimum atomic E-state index is -0.540. The predicted molar refractivity (Wildman–Crippen MR) is 155 cm³/mol. The van der Waals surface area contributed by atoms with Gasteiger partial charge in [-0.05, 0) is 56.0 Å². The van der Waals surface area contributed by atoms with Gasteiger partial charge in [0.15, 0.2) is 11.6 Å². The van der Waals surface area contributed by atoms with Crippen LogP contribution in [0.4, 0.5) is 10.2 Å². The summed E-state index contributed by atoms with van der Waals surface area (Å²) in [6.07, 6.45) is 17.7. The molecular weight excluding hydrogens is 473 g/mol. The second-order valence-electron chi connectivity index (χ2n) is 8.80. The van der Waals surface area contributed by atoms with Gasteiger partial charge in [-0.15, -0.1) is 0 Å². The summed E-state index contributed by atoms with van der Waals surface area (Å²) in [6, 6.07) is 9.69. The molecule has 0 unspecified atom stereocenters. The third-order valence-corrected chi connectivity index (χ3v) is 5.65. The van der Waals surface area contributed by atoms with Crippen molar-refractivity contribution in [2.75, 3.05) is 5.32 Å². The van der Waals surface area contributed by atoms with E-state index in [9.17, 15) is 5.26 Å². The van der Waals surface area contributed by atoms with Gasteiger partial charge in [0.1, 0.15) is 18.1 Å². The van der Waals surface area contributed by atoms with Gasteiger partial charge in [0, 0.05) is 23.9 Å². The highest BCUT2D eigenvalue weighted by Gasteiger charge is 2.15. The van der Waals surface area contributed by atoms with Crippen molar-refractivity contribution in [3.05, 3.63) is 119 Å². The first kappa shape index (κ1) is 27.9. The minimum Gasteiger partial charge on any atom is -0.363 e. The number of nitriles is 1. The van der Waals surface area contributed by atoms with E-state index in [0.29, 0.717) is 16.8 Å². The molecule has 192 valence electrons. The second kappa shape index (κ2) is 13.6. The second-order valence-corrected chi connectivity index (χ2v) is 8.80. The average Bonchev–Trinajstić information content (AvgIpc) is 2.91. The molecule has 0 bridgehead atoms. The van der Waals surface area contributed by atoms with Crippen molar-refractivity contribution < 1.29 is 4.39 Å². The number of nitrogens with zero attached hydrogens (tertiary/aromatic N) is 4. The number of allylic oxidation sites excluding steroid dienone is 8. The van der Waals surface area contributed by atoms with Crippen molar-refractivity contribution in [2.45, 2.75) is 40.7 Å². The number of nitrogens with one attached hydrogen (secondary N) is 1. The number of pyridine rings is 1. The maximum Gasteiger partial charge on any atom is 0.191 e. The molecule has 1 aromatic carbocycles. The molecule has 38 heavy (non-hydrogen) atoms. The fraction of sp³-hybridized carbons (Fsp3) is 0.188. The van der Waals surface area contributed by atoms with E-state index < -0.39 is 5.82 Å². The maximum absolute atomic E-state index is 15.5. The van der Waals surface area contributed by atoms with E-state index in [1.54, 1.807) is 12.3 Å². The van der Waals surface area contributed by atoms with E-state index in [-0.39, 0.29) is 18.1 Å². The topological polar surface area (TPSA) is 74.5 Å². The van der Waals surface area contributed by atoms with Crippen molar-refractivity contribution in [1.82, 2.24) is 15.0 Å². The molecule has 0 aliphatic heterocycles. The Balaban J connectivity index is 1.86. The molecule has 0 fully saturated rings. The fourth-order valence-corrected chi connectivity index (χ4v) is 3.78. The van der Waals surface area contributed by atoms with E-state index in [2.05, 4.69) is 45.9 Å². The van der Waals surface area contributed by atoms with Gasteiger partial charge >= 0.3 is 0 Å². The molecule has 0 amide bonds. The Morgan fingerprint density at radius 1 is 1.18 bits per heavy atom. The number of anilines is 1. The molecule has 0 radical (unpaired) electrons. The van der Waals surface area contributed by atoms with Crippen LogP contribution in [0.3, 0.4) is 0 Å². The van der Waals surface area contributed by atoms with Gasteiger partial charge < -0.3 is 5.32 Å². The van der Waals surface area contributed by atoms with Crippen LogP contribution in [0.15, 0.2) is 85.4 Å². The monoisotopic (exact) mass is 505 g/mol. The van der Waals surface area contributed by atoms with Crippen LogP contribution in [0.25, 0.3) is 22.9 Å². The molecule has 0 saturated heterocycles. The SMILES string of the molecule is C=C(C)/C=C(\C=C/C)c1ncc(CNc2ncnc(-c3ccc(C)c(/C=C\C=C\CC)c3)c2F)cc1C#N. The zero-order valence-electron chi connectivity index (χ0n) is 22.3. The van der Waals surface area contributed by atoms with Gasteiger partial charge in [-0.3, -0.25) is 4.98 Å². The number of hydrogen-bond acceptors (Lipinski definition) is 5. The summed E-state index contributed by atoms with van der Waals surface area (Å²) in [4.78, 5) is 12.8. The molecule has 2 aromatic heterocycles. The van der Waals surface area contributed by atoms with Crippen molar-refractivity contribution >= 4 is 17.5 Å². The van der Waals surface area contributed by atoms with Crippen LogP contribution in [0.5, 0.6) is 0 Å². The summed E-state index contributed by atoms with van der Waals surface area (Å²) >= 11 is 0. The lowest BCUT2D eigenvalue weighted by Crippen LogP contribution is -2.07. The van der Waals surface area contributed by atoms with Crippen molar-refractivity contribution in [3.63, 3.8) is 0 Å². The third-order valence-electron chi connectivity index (χ3n) is 5.65. The first-order valence-electron chi connectivity index (χ1n) is 12.5. The minimum absolute atomic E-state index is 0.0814. The number of benzene rings is 1. The number of aryl methyl sites for hydroxylation is 1. The lowest BCUT2D eigenvalue weighted by Gasteiger charge is -2.11. The highest BCUT2D eigenvalue weighted by molar-refractivity contribution is 5.77. The van der Waals surface area contributed by atoms with E-state index in [4.69, 9.17) is 0 Å². The van der Waals surface area contributed by atoms with Gasteiger partial charge in [0.25, 0.3) is 0 Å². The van der Waals surface area contributed by atoms with Gasteiger partial charge in [-0.1, -0.05) is 73.7 Å². The largest absolute Gasteiger partial charge is 0.363 e. The van der Waals surface area contributed by atoms with Gasteiger partial charge in [0.2, 0.25) is 0 Å². The van der Waals surface area contributed by atoms with Crippen LogP contribution in [0, 0.1) is 24.1 Å². The Kier molecular flexibility index (Phi) is 10.0. The zero-order chi connectivity index (χ0) is 27.5. The van der Waals surface area contributed by atoms with E-state index in [1.165, 1.54) is 6.33 Å². The number of halogens is 1. The highest BCUT2D eigenvalue weighted by atomic mass is 19.1. The zero-order valence-corrected chi connectivity index (χ0v) is 22.3. The van der Waals surface area contributed by atoms with Crippen LogP contribution in [-0.2, 0) is 6.54 Å². The molecule has 3 rings (SSSR count). The van der Waals surface area contributed by atoms with E-state index in [1.807, 2.05) is 75.4 Å². The Morgan fingerprint density at radius 3 is 2.71 bits per heavy atom. The molecule has 0 aliphatic rings. The molecule has 6 heteroatoms. The predicted octanol–water partition coefficient (Wildman–Crippen LogP) is 7.98. The number of rotatable bonds is 10. The number of aromatic nitrogens is 3. The van der Waals surface area contributed by atoms with Gasteiger partial charge in [-0.25, -0.2) is 14.4 Å². The quantitative estimate of drug-likeness (QED) is 0.283. The summed E-state index contributed by atoms with van der Waals surface area (Å²) in [6.45, 7) is 12.0. The summed E-state index contributed by atoms with van der Waals surface area (Å²) in [5, 5.41) is 12.8. The van der Waals surface area contributed by atoms with E-state index in [0.717, 1.165) is 34.3 Å². The van der Waals surface area contributed by atoms with Crippen molar-refractivity contribution in [3.8, 4) is 17.3 Å². The smallest absolute Gasteiger partial charge is 0.191 e. The molecule has 0 atom stereocenters. The Hall–Kier alpha value is -4.63. The van der Waals surface area contributed by atoms with Crippen molar-refractivity contribution in [2.24, 2.45) is 0 Å². The maximum atomic E-state index is 15.5. The average molecular weight is 506 g/mol. The van der Waals surface area contributed by atoms with Crippen LogP contribution < -0.4 is 5.32 Å². The van der Waals surface area contributed by atoms with Crippen LogP contribution in [0.2, 0.25) is 0 Å². The van der Waals surface area contributed by atoms with Crippen molar-refractivity contribution in [1.29, 1.82) is 5.26 Å². The Labute approximate surface area is 224 Å². The number of hydrogen-bond donors (Lipinski definition) is 1. The summed E-state index contributed by atoms with van der Waals surface area (Å²) in [5.74, 6) is -0.458. The fourth-order valence-electron chi connectivity index (χ4n) is 3.78. The summed E-state index contributed by atoms with van der Waals surface area (Å²) < 4.78 is 15.5. The Bertz CT molecular complexity index is 1470. The standard InChI is InChI=1S/C32H32FN5/c1-6-8-9-10-12-25-17-27(14-13-23(25)5)31-29(33)32(38-21-37-31)36-20-24-16-28(18-34)30(35-19-24)26(11-7-2)15-22(3)4/h7-17,19,21H,3,6,20H2,1-2,4-5H3,(H,36,37,38)/b9-8+,11-7-,12-10-,26-15+. The van der Waals surface area contributed by atoms with Crippen LogP contribution in [0.1, 0.15) is 55.1 Å². The van der Waals surface area contributed by atoms with E-state index >= 15 is 4.39 Å². The lowest BCUT2D eigenvalue weighted by atomic mass is 10.0. The molecule has 2 heterocycles. The molecule has 5 nitrogen and oxygen atoms in total. The first-order chi connectivity index (χ1) is 18.4. The van der Waals surface area contributed by atoms with Crippen LogP contribution in [-0.4, -0.2) is 15.0 Å². The first-order valence-corrected chi connectivity index (χ1v) is 12.5. The lowest BCUT2D eigenvalue weighted by molar-refractivity contribution is 0.621. The third kappa shape index (κ3) is 7.21. The van der Waals surface area contributed by atoms with Gasteiger partial charge in [-0.2, -0.15) is 5.26 Å². The highest BCUT2D eigenvalue weighted by Crippen LogP contribution is 2.27.